The topological polar surface area (TPSA) is 275 Å². The SMILES string of the molecule is CN(C(=O)OC(C)(C)C)[C@@H]1[C@@H](O)[C@@H](ON(C(=O)O)C2C[C@H](NC(=O)OC(C)(C)C)[C@@H](O[C@H]3O[C@H](CNCCOC4CCCCO4)CC[C@H]3NC(=O)OC(C)(C)C)[C@@H](O)C2)OC[C@]1(C)O. The fourth-order valence-electron chi connectivity index (χ4n) is 7.97. The van der Waals surface area contributed by atoms with Gasteiger partial charge in [-0.25, -0.2) is 24.0 Å². The molecule has 0 radical (unpaired) electrons. The summed E-state index contributed by atoms with van der Waals surface area (Å²) in [5.74, 6) is 0. The molecule has 3 heterocycles. The molecule has 4 rings (SSSR count). The summed E-state index contributed by atoms with van der Waals surface area (Å²) < 4.78 is 46.5. The predicted molar refractivity (Wildman–Crippen MR) is 226 cm³/mol. The van der Waals surface area contributed by atoms with Gasteiger partial charge in [0.1, 0.15) is 34.6 Å². The van der Waals surface area contributed by atoms with E-state index in [1.165, 1.54) is 14.0 Å². The standard InChI is InChI=1S/C42H75N5O17/c1-39(2,3)61-35(50)44-26-16-15-25(22-43-17-19-57-29-14-12-13-18-56-29)59-33(26)60-31-27(45-36(51)62-40(4,5)6)20-24(21-28(31)48)47(37(52)53)64-34-30(49)32(42(10,55)23-58-34)46(11)38(54)63-41(7,8)9/h24-34,43,48-49,55H,12-23H2,1-11H3,(H,44,50)(H,45,51)(H,52,53)/t24?,25-,26+,27-,28-,29?,30+,31+,32+,33+,34+,42-/m0/s1. The highest BCUT2D eigenvalue weighted by molar-refractivity contribution is 5.69. The Morgan fingerprint density at radius 1 is 0.812 bits per heavy atom. The number of carbonyl (C=O) groups is 4. The first-order chi connectivity index (χ1) is 29.6. The van der Waals surface area contributed by atoms with Gasteiger partial charge in [0, 0.05) is 26.7 Å². The number of aliphatic hydroxyl groups is 3. The van der Waals surface area contributed by atoms with Crippen LogP contribution in [-0.4, -0.2) is 185 Å². The zero-order valence-electron chi connectivity index (χ0n) is 39.3. The zero-order valence-corrected chi connectivity index (χ0v) is 39.3. The molecule has 0 aromatic carbocycles. The summed E-state index contributed by atoms with van der Waals surface area (Å²) in [6.45, 7) is 18.0. The van der Waals surface area contributed by atoms with E-state index in [0.29, 0.717) is 44.2 Å². The van der Waals surface area contributed by atoms with Crippen molar-refractivity contribution >= 4 is 24.4 Å². The molecule has 0 bridgehead atoms. The lowest BCUT2D eigenvalue weighted by molar-refractivity contribution is -0.346. The molecule has 0 aromatic rings. The van der Waals surface area contributed by atoms with E-state index in [1.807, 2.05) is 0 Å². The Morgan fingerprint density at radius 2 is 1.44 bits per heavy atom. The lowest BCUT2D eigenvalue weighted by Gasteiger charge is -2.49. The number of amides is 4. The van der Waals surface area contributed by atoms with Crippen LogP contribution < -0.4 is 16.0 Å². The van der Waals surface area contributed by atoms with E-state index in [1.54, 1.807) is 62.3 Å². The second-order valence-corrected chi connectivity index (χ2v) is 20.2. The molecule has 4 aliphatic rings. The van der Waals surface area contributed by atoms with E-state index in [4.69, 9.17) is 42.7 Å². The minimum Gasteiger partial charge on any atom is -0.463 e. The number of carboxylic acid groups (broad SMARTS) is 1. The number of alkyl carbamates (subject to hydrolysis) is 2. The van der Waals surface area contributed by atoms with Gasteiger partial charge in [0.25, 0.3) is 0 Å². The Bertz CT molecular complexity index is 1530. The third-order valence-corrected chi connectivity index (χ3v) is 10.7. The molecule has 22 heteroatoms. The van der Waals surface area contributed by atoms with Gasteiger partial charge >= 0.3 is 24.4 Å². The second-order valence-electron chi connectivity index (χ2n) is 20.2. The van der Waals surface area contributed by atoms with Crippen molar-refractivity contribution in [1.29, 1.82) is 0 Å². The lowest BCUT2D eigenvalue weighted by Crippen LogP contribution is -2.68. The average Bonchev–Trinajstić information content (AvgIpc) is 3.14. The van der Waals surface area contributed by atoms with Crippen LogP contribution in [0.1, 0.15) is 114 Å². The summed E-state index contributed by atoms with van der Waals surface area (Å²) in [5.41, 5.74) is -4.48. The molecule has 22 nitrogen and oxygen atoms in total. The molecule has 3 saturated heterocycles. The second kappa shape index (κ2) is 22.4. The zero-order chi connectivity index (χ0) is 47.8. The first-order valence-electron chi connectivity index (χ1n) is 22.2. The fourth-order valence-corrected chi connectivity index (χ4v) is 7.97. The van der Waals surface area contributed by atoms with Crippen LogP contribution in [0.15, 0.2) is 0 Å². The van der Waals surface area contributed by atoms with E-state index >= 15 is 0 Å². The molecule has 0 spiro atoms. The minimum atomic E-state index is -1.82. The molecule has 7 N–H and O–H groups in total. The number of carbonyl (C=O) groups excluding carboxylic acids is 3. The normalized spacial score (nSPS) is 32.8. The number of hydrogen-bond acceptors (Lipinski definition) is 17. The van der Waals surface area contributed by atoms with Crippen LogP contribution in [0.5, 0.6) is 0 Å². The van der Waals surface area contributed by atoms with Gasteiger partial charge in [-0.05, 0) is 114 Å². The fraction of sp³-hybridized carbons (Fsp3) is 0.905. The van der Waals surface area contributed by atoms with Crippen LogP contribution in [0.4, 0.5) is 19.2 Å². The maximum absolute atomic E-state index is 13.3. The Balaban J connectivity index is 1.54. The van der Waals surface area contributed by atoms with E-state index < -0.39 is 115 Å². The minimum absolute atomic E-state index is 0.221. The van der Waals surface area contributed by atoms with Crippen molar-refractivity contribution in [3.05, 3.63) is 0 Å². The van der Waals surface area contributed by atoms with Crippen LogP contribution in [0.3, 0.4) is 0 Å². The quantitative estimate of drug-likeness (QED) is 0.0750. The molecule has 370 valence electrons. The van der Waals surface area contributed by atoms with Crippen molar-refractivity contribution in [2.45, 2.75) is 204 Å². The summed E-state index contributed by atoms with van der Waals surface area (Å²) in [6, 6.07) is -4.50. The maximum atomic E-state index is 13.3. The van der Waals surface area contributed by atoms with Crippen LogP contribution in [0.25, 0.3) is 0 Å². The van der Waals surface area contributed by atoms with Crippen molar-refractivity contribution in [2.75, 3.05) is 40.0 Å². The Kier molecular flexibility index (Phi) is 18.7. The predicted octanol–water partition coefficient (Wildman–Crippen LogP) is 2.93. The van der Waals surface area contributed by atoms with Crippen molar-refractivity contribution in [3.8, 4) is 0 Å². The number of hydrogen-bond donors (Lipinski definition) is 7. The number of hydroxylamine groups is 2. The highest BCUT2D eigenvalue weighted by Crippen LogP contribution is 2.34. The molecular weight excluding hydrogens is 846 g/mol. The van der Waals surface area contributed by atoms with Gasteiger partial charge < -0.3 is 79.2 Å². The van der Waals surface area contributed by atoms with Gasteiger partial charge in [-0.2, -0.15) is 5.06 Å². The lowest BCUT2D eigenvalue weighted by atomic mass is 9.85. The summed E-state index contributed by atoms with van der Waals surface area (Å²) in [6.07, 6.45) is -8.93. The Labute approximate surface area is 376 Å². The molecule has 4 amide bonds. The van der Waals surface area contributed by atoms with E-state index in [-0.39, 0.29) is 19.1 Å². The smallest absolute Gasteiger partial charge is 0.431 e. The van der Waals surface area contributed by atoms with E-state index in [2.05, 4.69) is 16.0 Å². The third kappa shape index (κ3) is 16.5. The number of likely N-dealkylation sites (N-methyl/N-ethyl adjacent to an activating group) is 1. The largest absolute Gasteiger partial charge is 0.463 e. The molecule has 4 fully saturated rings. The molecule has 64 heavy (non-hydrogen) atoms. The molecule has 2 unspecified atom stereocenters. The molecule has 3 aliphatic heterocycles. The van der Waals surface area contributed by atoms with Gasteiger partial charge in [-0.1, -0.05) is 0 Å². The van der Waals surface area contributed by atoms with E-state index in [9.17, 15) is 39.6 Å². The summed E-state index contributed by atoms with van der Waals surface area (Å²) in [4.78, 5) is 59.1. The van der Waals surface area contributed by atoms with E-state index in [0.717, 1.165) is 24.2 Å². The molecule has 0 aromatic heterocycles. The van der Waals surface area contributed by atoms with Crippen LogP contribution >= 0.6 is 0 Å². The van der Waals surface area contributed by atoms with Crippen molar-refractivity contribution < 1.29 is 82.3 Å². The monoisotopic (exact) mass is 922 g/mol. The summed E-state index contributed by atoms with van der Waals surface area (Å²) >= 11 is 0. The van der Waals surface area contributed by atoms with Crippen molar-refractivity contribution in [3.63, 3.8) is 0 Å². The number of nitrogens with one attached hydrogen (secondary N) is 3. The van der Waals surface area contributed by atoms with Crippen LogP contribution in [0, 0.1) is 0 Å². The highest BCUT2D eigenvalue weighted by atomic mass is 16.8. The highest BCUT2D eigenvalue weighted by Gasteiger charge is 2.53. The van der Waals surface area contributed by atoms with Gasteiger partial charge in [0.05, 0.1) is 49.6 Å². The molecule has 1 aliphatic carbocycles. The van der Waals surface area contributed by atoms with Crippen molar-refractivity contribution in [2.24, 2.45) is 0 Å². The van der Waals surface area contributed by atoms with Gasteiger partial charge in [-0.3, -0.25) is 0 Å². The molecular formula is C42H75N5O17. The number of rotatable bonds is 14. The first-order valence-corrected chi connectivity index (χ1v) is 22.2. The van der Waals surface area contributed by atoms with Gasteiger partial charge in [-0.15, -0.1) is 0 Å². The Hall–Kier alpha value is -3.32. The molecule has 12 atom stereocenters. The third-order valence-electron chi connectivity index (χ3n) is 10.7. The maximum Gasteiger partial charge on any atom is 0.431 e. The van der Waals surface area contributed by atoms with Crippen molar-refractivity contribution in [1.82, 2.24) is 25.9 Å². The van der Waals surface area contributed by atoms with Gasteiger partial charge in [0.2, 0.25) is 6.29 Å². The average molecular weight is 922 g/mol. The summed E-state index contributed by atoms with van der Waals surface area (Å²) in [5, 5.41) is 54.4. The van der Waals surface area contributed by atoms with Crippen LogP contribution in [-0.2, 0) is 42.7 Å². The molecule has 1 saturated carbocycles. The number of aliphatic hydroxyl groups excluding tert-OH is 2. The van der Waals surface area contributed by atoms with Crippen LogP contribution in [0.2, 0.25) is 0 Å². The first kappa shape index (κ1) is 53.3. The Morgan fingerprint density at radius 3 is 2.02 bits per heavy atom. The number of nitrogens with zero attached hydrogens (tertiary/aromatic N) is 2. The number of ether oxygens (including phenoxy) is 8. The van der Waals surface area contributed by atoms with Gasteiger partial charge in [0.15, 0.2) is 12.6 Å². The summed E-state index contributed by atoms with van der Waals surface area (Å²) in [7, 11) is 1.31.